The fourth-order valence-electron chi connectivity index (χ4n) is 2.86. The van der Waals surface area contributed by atoms with Gasteiger partial charge in [-0.05, 0) is 30.0 Å². The number of nitrogens with one attached hydrogen (secondary N) is 1. The molecule has 1 atom stereocenters. The van der Waals surface area contributed by atoms with E-state index >= 15 is 0 Å². The zero-order valence-corrected chi connectivity index (χ0v) is 18.4. The molecular formula is C24H31N3O4. The van der Waals surface area contributed by atoms with Crippen LogP contribution in [0.25, 0.3) is 6.08 Å². The number of benzene rings is 1. The summed E-state index contributed by atoms with van der Waals surface area (Å²) in [5.41, 5.74) is 2.21. The van der Waals surface area contributed by atoms with E-state index in [1.165, 1.54) is 11.6 Å². The van der Waals surface area contributed by atoms with Crippen LogP contribution in [0.1, 0.15) is 31.9 Å². The number of hydrogen-bond acceptors (Lipinski definition) is 6. The van der Waals surface area contributed by atoms with Crippen molar-refractivity contribution in [1.82, 2.24) is 14.9 Å². The zero-order chi connectivity index (χ0) is 22.5. The van der Waals surface area contributed by atoms with Crippen molar-refractivity contribution in [2.45, 2.75) is 33.4 Å². The van der Waals surface area contributed by atoms with E-state index in [4.69, 9.17) is 9.47 Å². The fourth-order valence-corrected chi connectivity index (χ4v) is 2.86. The van der Waals surface area contributed by atoms with E-state index in [1.54, 1.807) is 31.6 Å². The molecule has 7 nitrogen and oxygen atoms in total. The van der Waals surface area contributed by atoms with E-state index in [2.05, 4.69) is 22.4 Å². The van der Waals surface area contributed by atoms with Crippen molar-refractivity contribution >= 4 is 18.0 Å². The Bertz CT molecular complexity index is 855. The summed E-state index contributed by atoms with van der Waals surface area (Å²) in [5.74, 6) is -0.628. The molecule has 0 aliphatic carbocycles. The van der Waals surface area contributed by atoms with Gasteiger partial charge in [0.25, 0.3) is 0 Å². The molecule has 1 N–H and O–H groups in total. The van der Waals surface area contributed by atoms with Gasteiger partial charge in [0.2, 0.25) is 0 Å². The Balaban J connectivity index is 1.68. The van der Waals surface area contributed by atoms with Gasteiger partial charge in [-0.1, -0.05) is 50.3 Å². The molecule has 0 unspecified atom stereocenters. The molecule has 0 bridgehead atoms. The molecule has 2 aromatic rings. The Labute approximate surface area is 183 Å². The molecule has 0 fully saturated rings. The van der Waals surface area contributed by atoms with Gasteiger partial charge in [-0.2, -0.15) is 0 Å². The molecular weight excluding hydrogens is 394 g/mol. The lowest BCUT2D eigenvalue weighted by molar-refractivity contribution is -0.146. The van der Waals surface area contributed by atoms with Crippen LogP contribution in [0.5, 0.6) is 0 Å². The van der Waals surface area contributed by atoms with E-state index in [0.29, 0.717) is 13.2 Å². The second-order valence-electron chi connectivity index (χ2n) is 7.29. The molecule has 7 heteroatoms. The molecule has 0 saturated heterocycles. The first-order valence-corrected chi connectivity index (χ1v) is 10.4. The van der Waals surface area contributed by atoms with Gasteiger partial charge in [0.1, 0.15) is 12.6 Å². The lowest BCUT2D eigenvalue weighted by atomic mass is 10.0. The van der Waals surface area contributed by atoms with Crippen molar-refractivity contribution in [2.75, 3.05) is 19.8 Å². The van der Waals surface area contributed by atoms with Crippen LogP contribution in [-0.4, -0.2) is 47.3 Å². The van der Waals surface area contributed by atoms with E-state index in [1.807, 2.05) is 42.8 Å². The molecule has 2 rings (SSSR count). The highest BCUT2D eigenvalue weighted by Crippen LogP contribution is 2.08. The maximum atomic E-state index is 11.9. The minimum atomic E-state index is -0.431. The summed E-state index contributed by atoms with van der Waals surface area (Å²) in [6.07, 6.45) is 12.2. The minimum Gasteiger partial charge on any atom is -0.465 e. The first kappa shape index (κ1) is 24.1. The van der Waals surface area contributed by atoms with E-state index in [9.17, 15) is 9.59 Å². The summed E-state index contributed by atoms with van der Waals surface area (Å²) in [6, 6.07) is 7.75. The number of aromatic nitrogens is 2. The van der Waals surface area contributed by atoms with E-state index < -0.39 is 12.0 Å². The SMILES string of the molecule is CCOC(=O)[C@@H](NCC=CC(=O)OCC=Cc1ccc(Cn2ccnc2)cc1)C(C)C. The minimum absolute atomic E-state index is 0.0875. The van der Waals surface area contributed by atoms with Gasteiger partial charge >= 0.3 is 11.9 Å². The lowest BCUT2D eigenvalue weighted by Gasteiger charge is -2.19. The normalized spacial score (nSPS) is 12.5. The van der Waals surface area contributed by atoms with Gasteiger partial charge in [-0.15, -0.1) is 0 Å². The van der Waals surface area contributed by atoms with Crippen LogP contribution >= 0.6 is 0 Å². The maximum absolute atomic E-state index is 11.9. The number of ether oxygens (including phenoxy) is 2. The molecule has 0 radical (unpaired) electrons. The molecule has 1 heterocycles. The van der Waals surface area contributed by atoms with Crippen LogP contribution < -0.4 is 5.32 Å². The van der Waals surface area contributed by atoms with Gasteiger partial charge < -0.3 is 19.4 Å². The second-order valence-corrected chi connectivity index (χ2v) is 7.29. The fraction of sp³-hybridized carbons (Fsp3) is 0.375. The molecule has 31 heavy (non-hydrogen) atoms. The van der Waals surface area contributed by atoms with Gasteiger partial charge in [-0.3, -0.25) is 4.79 Å². The largest absolute Gasteiger partial charge is 0.465 e. The van der Waals surface area contributed by atoms with Crippen LogP contribution in [0.3, 0.4) is 0 Å². The molecule has 1 aromatic carbocycles. The number of carbonyl (C=O) groups is 2. The highest BCUT2D eigenvalue weighted by molar-refractivity contribution is 5.82. The monoisotopic (exact) mass is 425 g/mol. The first-order valence-electron chi connectivity index (χ1n) is 10.4. The van der Waals surface area contributed by atoms with Crippen LogP contribution in [0.15, 0.2) is 61.2 Å². The Morgan fingerprint density at radius 1 is 1.16 bits per heavy atom. The number of imidazole rings is 1. The smallest absolute Gasteiger partial charge is 0.330 e. The van der Waals surface area contributed by atoms with Crippen molar-refractivity contribution in [3.05, 3.63) is 72.3 Å². The van der Waals surface area contributed by atoms with Crippen molar-refractivity contribution in [3.63, 3.8) is 0 Å². The highest BCUT2D eigenvalue weighted by Gasteiger charge is 2.21. The summed E-state index contributed by atoms with van der Waals surface area (Å²) in [4.78, 5) is 27.7. The van der Waals surface area contributed by atoms with Gasteiger partial charge in [0.05, 0.1) is 12.9 Å². The zero-order valence-electron chi connectivity index (χ0n) is 18.4. The standard InChI is InChI=1S/C24H31N3O4/c1-4-30-24(29)23(19(2)3)26-13-5-8-22(28)31-16-6-7-20-9-11-21(12-10-20)17-27-15-14-25-18-27/h5-12,14-15,18-19,23,26H,4,13,16-17H2,1-3H3/t23-/m0/s1. The number of esters is 2. The average Bonchev–Trinajstić information content (AvgIpc) is 3.25. The lowest BCUT2D eigenvalue weighted by Crippen LogP contribution is -2.42. The molecule has 0 saturated carbocycles. The quantitative estimate of drug-likeness (QED) is 0.415. The van der Waals surface area contributed by atoms with Crippen LogP contribution in [-0.2, 0) is 25.6 Å². The summed E-state index contributed by atoms with van der Waals surface area (Å²) >= 11 is 0. The average molecular weight is 426 g/mol. The van der Waals surface area contributed by atoms with Crippen LogP contribution in [0, 0.1) is 5.92 Å². The Morgan fingerprint density at radius 2 is 1.94 bits per heavy atom. The van der Waals surface area contributed by atoms with Crippen molar-refractivity contribution in [1.29, 1.82) is 0 Å². The molecule has 1 aromatic heterocycles. The van der Waals surface area contributed by atoms with Crippen molar-refractivity contribution in [2.24, 2.45) is 5.92 Å². The number of carbonyl (C=O) groups excluding carboxylic acids is 2. The molecule has 0 aliphatic heterocycles. The number of hydrogen-bond donors (Lipinski definition) is 1. The Morgan fingerprint density at radius 3 is 2.58 bits per heavy atom. The van der Waals surface area contributed by atoms with Gasteiger partial charge in [0.15, 0.2) is 0 Å². The first-order chi connectivity index (χ1) is 15.0. The molecule has 0 spiro atoms. The van der Waals surface area contributed by atoms with Gasteiger partial charge in [0, 0.05) is 31.6 Å². The molecule has 166 valence electrons. The predicted octanol–water partition coefficient (Wildman–Crippen LogP) is 3.22. The van der Waals surface area contributed by atoms with Crippen LogP contribution in [0.4, 0.5) is 0 Å². The summed E-state index contributed by atoms with van der Waals surface area (Å²) in [7, 11) is 0. The van der Waals surface area contributed by atoms with Crippen molar-refractivity contribution < 1.29 is 19.1 Å². The summed E-state index contributed by atoms with van der Waals surface area (Å²) in [5, 5.41) is 3.08. The molecule has 0 amide bonds. The molecule has 0 aliphatic rings. The third-order valence-electron chi connectivity index (χ3n) is 4.45. The van der Waals surface area contributed by atoms with E-state index in [-0.39, 0.29) is 18.5 Å². The third kappa shape index (κ3) is 9.00. The third-order valence-corrected chi connectivity index (χ3v) is 4.45. The predicted molar refractivity (Wildman–Crippen MR) is 120 cm³/mol. The Hall–Kier alpha value is -3.19. The topological polar surface area (TPSA) is 82.5 Å². The van der Waals surface area contributed by atoms with Crippen LogP contribution in [0.2, 0.25) is 0 Å². The number of nitrogens with zero attached hydrogens (tertiary/aromatic N) is 2. The number of rotatable bonds is 12. The van der Waals surface area contributed by atoms with Gasteiger partial charge in [-0.25, -0.2) is 9.78 Å². The second kappa shape index (κ2) is 13.2. The Kier molecular flexibility index (Phi) is 10.2. The van der Waals surface area contributed by atoms with Crippen molar-refractivity contribution in [3.8, 4) is 0 Å². The maximum Gasteiger partial charge on any atom is 0.330 e. The summed E-state index contributed by atoms with van der Waals surface area (Å²) in [6.45, 7) is 7.33. The highest BCUT2D eigenvalue weighted by atomic mass is 16.5. The van der Waals surface area contributed by atoms with E-state index in [0.717, 1.165) is 12.1 Å². The summed E-state index contributed by atoms with van der Waals surface area (Å²) < 4.78 is 12.2.